The highest BCUT2D eigenvalue weighted by Gasteiger charge is 2.31. The van der Waals surface area contributed by atoms with Crippen LogP contribution in [0, 0.1) is 6.92 Å². The third-order valence-electron chi connectivity index (χ3n) is 6.11. The largest absolute Gasteiger partial charge is 0.231 e. The summed E-state index contributed by atoms with van der Waals surface area (Å²) in [7, 11) is 0. The zero-order chi connectivity index (χ0) is 22.9. The normalized spacial score (nSPS) is 15.8. The molecular formula is C28H26ClN3S. The molecule has 3 aromatic carbocycles. The molecule has 1 aromatic heterocycles. The fraction of sp³-hybridized carbons (Fsp3) is 0.214. The second kappa shape index (κ2) is 9.12. The number of hydrogen-bond donors (Lipinski definition) is 0. The lowest BCUT2D eigenvalue weighted by Gasteiger charge is -2.21. The Bertz CT molecular complexity index is 1270. The van der Waals surface area contributed by atoms with Crippen molar-refractivity contribution in [3.05, 3.63) is 105 Å². The van der Waals surface area contributed by atoms with Gasteiger partial charge in [0, 0.05) is 22.4 Å². The van der Waals surface area contributed by atoms with Crippen LogP contribution < -0.4 is 5.01 Å². The summed E-state index contributed by atoms with van der Waals surface area (Å²) in [6.07, 6.45) is 0.822. The summed E-state index contributed by atoms with van der Waals surface area (Å²) >= 11 is 7.76. The number of rotatable bonds is 5. The Kier molecular flexibility index (Phi) is 6.05. The minimum atomic E-state index is 0.105. The summed E-state index contributed by atoms with van der Waals surface area (Å²) in [5, 5.41) is 10.9. The van der Waals surface area contributed by atoms with Gasteiger partial charge in [-0.2, -0.15) is 5.10 Å². The number of anilines is 1. The highest BCUT2D eigenvalue weighted by atomic mass is 35.5. The molecule has 5 heteroatoms. The van der Waals surface area contributed by atoms with Crippen molar-refractivity contribution in [2.75, 3.05) is 5.01 Å². The number of benzene rings is 3. The van der Waals surface area contributed by atoms with Gasteiger partial charge in [0.1, 0.15) is 0 Å². The van der Waals surface area contributed by atoms with Gasteiger partial charge in [-0.25, -0.2) is 9.99 Å². The maximum atomic E-state index is 6.12. The summed E-state index contributed by atoms with van der Waals surface area (Å²) in [6.45, 7) is 6.55. The summed E-state index contributed by atoms with van der Waals surface area (Å²) in [4.78, 5) is 4.97. The average Bonchev–Trinajstić information content (AvgIpc) is 3.48. The van der Waals surface area contributed by atoms with E-state index in [-0.39, 0.29) is 6.04 Å². The smallest absolute Gasteiger partial charge is 0.207 e. The van der Waals surface area contributed by atoms with Crippen LogP contribution in [0.2, 0.25) is 5.02 Å². The number of halogens is 1. The van der Waals surface area contributed by atoms with Crippen LogP contribution in [0.3, 0.4) is 0 Å². The molecule has 1 aliphatic heterocycles. The Balaban J connectivity index is 1.51. The molecule has 166 valence electrons. The molecule has 2 heterocycles. The van der Waals surface area contributed by atoms with Crippen LogP contribution in [0.15, 0.2) is 83.3 Å². The van der Waals surface area contributed by atoms with Gasteiger partial charge in [-0.1, -0.05) is 91.7 Å². The lowest BCUT2D eigenvalue weighted by atomic mass is 9.95. The molecule has 0 saturated heterocycles. The predicted molar refractivity (Wildman–Crippen MR) is 141 cm³/mol. The SMILES string of the molecule is Cc1ccc(-c2csc(N3N=C(c4ccc(Cl)cc4)CC3c3ccc(C(C)C)cc3)n2)cc1. The molecular weight excluding hydrogens is 446 g/mol. The van der Waals surface area contributed by atoms with Crippen molar-refractivity contribution in [3.8, 4) is 11.3 Å². The molecule has 0 fully saturated rings. The van der Waals surface area contributed by atoms with Gasteiger partial charge in [0.2, 0.25) is 5.13 Å². The van der Waals surface area contributed by atoms with Gasteiger partial charge in [-0.05, 0) is 41.7 Å². The maximum Gasteiger partial charge on any atom is 0.207 e. The topological polar surface area (TPSA) is 28.5 Å². The summed E-state index contributed by atoms with van der Waals surface area (Å²) in [5.41, 5.74) is 8.10. The number of aromatic nitrogens is 1. The third kappa shape index (κ3) is 4.59. The molecule has 4 aromatic rings. The van der Waals surface area contributed by atoms with Crippen molar-refractivity contribution < 1.29 is 0 Å². The van der Waals surface area contributed by atoms with Crippen molar-refractivity contribution >= 4 is 33.8 Å². The van der Waals surface area contributed by atoms with Crippen LogP contribution in [0.5, 0.6) is 0 Å². The second-order valence-electron chi connectivity index (χ2n) is 8.82. The molecule has 0 N–H and O–H groups in total. The molecule has 0 saturated carbocycles. The Labute approximate surface area is 204 Å². The van der Waals surface area contributed by atoms with E-state index in [9.17, 15) is 0 Å². The van der Waals surface area contributed by atoms with Crippen LogP contribution in [0.4, 0.5) is 5.13 Å². The standard InChI is InChI=1S/C28H26ClN3S/c1-18(2)20-8-10-23(11-9-20)27-16-25(21-12-14-24(29)15-13-21)31-32(27)28-30-26(17-33-28)22-6-4-19(3)5-7-22/h4-15,17-18,27H,16H2,1-3H3. The molecule has 1 aliphatic rings. The van der Waals surface area contributed by atoms with E-state index in [0.717, 1.165) is 39.1 Å². The number of thiazole rings is 1. The highest BCUT2D eigenvalue weighted by Crippen LogP contribution is 2.39. The average molecular weight is 472 g/mol. The Morgan fingerprint density at radius 3 is 2.24 bits per heavy atom. The van der Waals surface area contributed by atoms with E-state index in [1.165, 1.54) is 16.7 Å². The van der Waals surface area contributed by atoms with Gasteiger partial charge < -0.3 is 0 Å². The van der Waals surface area contributed by atoms with Gasteiger partial charge in [-0.15, -0.1) is 11.3 Å². The molecule has 0 radical (unpaired) electrons. The maximum absolute atomic E-state index is 6.12. The van der Waals surface area contributed by atoms with E-state index in [2.05, 4.69) is 79.7 Å². The molecule has 0 aliphatic carbocycles. The minimum Gasteiger partial charge on any atom is -0.231 e. The Hall–Kier alpha value is -2.95. The van der Waals surface area contributed by atoms with Crippen molar-refractivity contribution in [2.24, 2.45) is 5.10 Å². The first kappa shape index (κ1) is 21.9. The fourth-order valence-electron chi connectivity index (χ4n) is 4.09. The van der Waals surface area contributed by atoms with Gasteiger partial charge >= 0.3 is 0 Å². The number of hydrazone groups is 1. The highest BCUT2D eigenvalue weighted by molar-refractivity contribution is 7.14. The van der Waals surface area contributed by atoms with Crippen LogP contribution in [-0.4, -0.2) is 10.7 Å². The van der Waals surface area contributed by atoms with Crippen molar-refractivity contribution in [1.29, 1.82) is 0 Å². The molecule has 3 nitrogen and oxygen atoms in total. The second-order valence-corrected chi connectivity index (χ2v) is 10.1. The first-order valence-electron chi connectivity index (χ1n) is 11.2. The molecule has 33 heavy (non-hydrogen) atoms. The van der Waals surface area contributed by atoms with Crippen LogP contribution in [-0.2, 0) is 0 Å². The van der Waals surface area contributed by atoms with Crippen molar-refractivity contribution in [2.45, 2.75) is 39.2 Å². The van der Waals surface area contributed by atoms with Gasteiger partial charge in [-0.3, -0.25) is 0 Å². The van der Waals surface area contributed by atoms with E-state index in [0.29, 0.717) is 5.92 Å². The summed E-state index contributed by atoms with van der Waals surface area (Å²) < 4.78 is 0. The lowest BCUT2D eigenvalue weighted by molar-refractivity contribution is 0.705. The number of hydrogen-bond acceptors (Lipinski definition) is 4. The third-order valence-corrected chi connectivity index (χ3v) is 7.19. The van der Waals surface area contributed by atoms with Crippen molar-refractivity contribution in [3.63, 3.8) is 0 Å². The summed E-state index contributed by atoms with van der Waals surface area (Å²) in [5.74, 6) is 0.510. The first-order chi connectivity index (χ1) is 16.0. The van der Waals surface area contributed by atoms with Crippen molar-refractivity contribution in [1.82, 2.24) is 4.98 Å². The van der Waals surface area contributed by atoms with E-state index in [1.54, 1.807) is 11.3 Å². The molecule has 5 rings (SSSR count). The van der Waals surface area contributed by atoms with Crippen LogP contribution in [0.25, 0.3) is 11.3 Å². The number of nitrogens with zero attached hydrogens (tertiary/aromatic N) is 3. The Morgan fingerprint density at radius 1 is 0.909 bits per heavy atom. The molecule has 1 unspecified atom stereocenters. The predicted octanol–water partition coefficient (Wildman–Crippen LogP) is 8.25. The van der Waals surface area contributed by atoms with Gasteiger partial charge in [0.05, 0.1) is 17.4 Å². The van der Waals surface area contributed by atoms with E-state index >= 15 is 0 Å². The fourth-order valence-corrected chi connectivity index (χ4v) is 5.05. The lowest BCUT2D eigenvalue weighted by Crippen LogP contribution is -2.18. The molecule has 0 amide bonds. The first-order valence-corrected chi connectivity index (χ1v) is 12.5. The van der Waals surface area contributed by atoms with Gasteiger partial charge in [0.25, 0.3) is 0 Å². The van der Waals surface area contributed by atoms with Crippen LogP contribution >= 0.6 is 22.9 Å². The zero-order valence-corrected chi connectivity index (χ0v) is 20.6. The monoisotopic (exact) mass is 471 g/mol. The van der Waals surface area contributed by atoms with E-state index in [1.807, 2.05) is 24.3 Å². The Morgan fingerprint density at radius 2 is 1.58 bits per heavy atom. The quantitative estimate of drug-likeness (QED) is 0.293. The summed E-state index contributed by atoms with van der Waals surface area (Å²) in [6, 6.07) is 25.5. The van der Waals surface area contributed by atoms with E-state index < -0.39 is 0 Å². The zero-order valence-electron chi connectivity index (χ0n) is 19.0. The minimum absolute atomic E-state index is 0.105. The van der Waals surface area contributed by atoms with Gasteiger partial charge in [0.15, 0.2) is 0 Å². The molecule has 0 bridgehead atoms. The number of aryl methyl sites for hydroxylation is 1. The molecule has 1 atom stereocenters. The molecule has 0 spiro atoms. The van der Waals surface area contributed by atoms with E-state index in [4.69, 9.17) is 21.7 Å². The van der Waals surface area contributed by atoms with Crippen LogP contribution in [0.1, 0.15) is 54.5 Å².